The molecule has 6 rings (SSSR count). The number of carbonyl (C=O) groups is 1. The minimum absolute atomic E-state index is 0.219. The van der Waals surface area contributed by atoms with Crippen LogP contribution in [0, 0.1) is 17.1 Å². The maximum absolute atomic E-state index is 15.7. The third-order valence-corrected chi connectivity index (χ3v) is 7.24. The Labute approximate surface area is 197 Å². The van der Waals surface area contributed by atoms with Gasteiger partial charge in [-0.15, -0.1) is 0 Å². The van der Waals surface area contributed by atoms with Crippen LogP contribution in [-0.2, 0) is 11.2 Å². The average molecular weight is 454 g/mol. The van der Waals surface area contributed by atoms with Gasteiger partial charge >= 0.3 is 5.97 Å². The number of hydrogen-bond acceptors (Lipinski definition) is 5. The van der Waals surface area contributed by atoms with E-state index in [-0.39, 0.29) is 23.6 Å². The fourth-order valence-corrected chi connectivity index (χ4v) is 5.76. The van der Waals surface area contributed by atoms with Crippen molar-refractivity contribution in [2.75, 3.05) is 31.1 Å². The van der Waals surface area contributed by atoms with Crippen molar-refractivity contribution in [3.05, 3.63) is 70.2 Å². The topological polar surface area (TPSA) is 65.4 Å². The summed E-state index contributed by atoms with van der Waals surface area (Å²) in [5.74, 6) is -0.824. The van der Waals surface area contributed by atoms with Gasteiger partial charge in [0.15, 0.2) is 0 Å². The van der Waals surface area contributed by atoms with Gasteiger partial charge in [0.2, 0.25) is 0 Å². The van der Waals surface area contributed by atoms with Crippen LogP contribution in [0.3, 0.4) is 0 Å². The number of carbonyl (C=O) groups excluding carboxylic acids is 1. The summed E-state index contributed by atoms with van der Waals surface area (Å²) < 4.78 is 20.9. The molecule has 34 heavy (non-hydrogen) atoms. The lowest BCUT2D eigenvalue weighted by molar-refractivity contribution is 0.0526. The molecule has 0 atom stereocenters. The quantitative estimate of drug-likeness (QED) is 0.436. The first-order chi connectivity index (χ1) is 16.6. The van der Waals surface area contributed by atoms with E-state index in [0.717, 1.165) is 53.5 Å². The van der Waals surface area contributed by atoms with Gasteiger partial charge < -0.3 is 15.0 Å². The minimum atomic E-state index is -0.532. The number of fused-ring (bicyclic) bond motifs is 6. The van der Waals surface area contributed by atoms with E-state index in [1.807, 2.05) is 18.3 Å². The second-order valence-corrected chi connectivity index (χ2v) is 9.05. The monoisotopic (exact) mass is 453 g/mol. The van der Waals surface area contributed by atoms with Crippen molar-refractivity contribution in [2.24, 2.45) is 0 Å². The van der Waals surface area contributed by atoms with Crippen LogP contribution < -0.4 is 10.2 Å². The number of ether oxygens (including phenoxy) is 1. The van der Waals surface area contributed by atoms with Crippen molar-refractivity contribution < 1.29 is 13.9 Å². The first-order valence-electron chi connectivity index (χ1n) is 11.8. The van der Waals surface area contributed by atoms with Gasteiger partial charge in [0.05, 0.1) is 17.7 Å². The van der Waals surface area contributed by atoms with Gasteiger partial charge in [0, 0.05) is 41.7 Å². The molecule has 5 nitrogen and oxygen atoms in total. The molecular weight excluding hydrogens is 429 g/mol. The van der Waals surface area contributed by atoms with E-state index >= 15 is 4.39 Å². The number of hydrogen-bond donors (Lipinski definition) is 1. The average Bonchev–Trinajstić information content (AvgIpc) is 3.51. The Balaban J connectivity index is 1.72. The maximum Gasteiger partial charge on any atom is 0.339 e. The van der Waals surface area contributed by atoms with E-state index in [1.54, 1.807) is 19.1 Å². The molecule has 0 unspecified atom stereocenters. The number of esters is 1. The van der Waals surface area contributed by atoms with E-state index < -0.39 is 5.97 Å². The maximum atomic E-state index is 15.7. The lowest BCUT2D eigenvalue weighted by Gasteiger charge is -2.23. The number of nitrogens with one attached hydrogen (secondary N) is 1. The Hall–Kier alpha value is -3.85. The summed E-state index contributed by atoms with van der Waals surface area (Å²) in [6, 6.07) is 9.52. The molecule has 1 N–H and O–H groups in total. The standard InChI is InChI=1S/C28H24FN3O2/c1-2-34-28(33)18-5-6-19-25(32-9-3-4-10-32)13-20-21-11-16-15-31-8-7-17(16)27(21)24(29)12-22(20)26(19)23(18)14-30/h5-8,12-13,31H,2-4,9-11,15H2,1H3. The third-order valence-electron chi connectivity index (χ3n) is 7.24. The van der Waals surface area contributed by atoms with Crippen molar-refractivity contribution >= 4 is 38.8 Å². The normalized spacial score (nSPS) is 16.6. The summed E-state index contributed by atoms with van der Waals surface area (Å²) in [4.78, 5) is 15.0. The predicted octanol–water partition coefficient (Wildman–Crippen LogP) is 5.21. The van der Waals surface area contributed by atoms with Crippen LogP contribution in [-0.4, -0.2) is 32.2 Å². The zero-order valence-corrected chi connectivity index (χ0v) is 19.0. The van der Waals surface area contributed by atoms with Crippen LogP contribution in [0.25, 0.3) is 27.1 Å². The van der Waals surface area contributed by atoms with Crippen LogP contribution in [0.15, 0.2) is 42.1 Å². The highest BCUT2D eigenvalue weighted by molar-refractivity contribution is 6.19. The lowest BCUT2D eigenvalue weighted by atomic mass is 9.89. The molecule has 0 bridgehead atoms. The Kier molecular flexibility index (Phi) is 4.80. The molecule has 3 aromatic rings. The number of nitriles is 1. The van der Waals surface area contributed by atoms with E-state index in [0.29, 0.717) is 29.3 Å². The summed E-state index contributed by atoms with van der Waals surface area (Å²) in [5, 5.41) is 16.5. The van der Waals surface area contributed by atoms with Crippen molar-refractivity contribution in [3.63, 3.8) is 0 Å². The second kappa shape index (κ2) is 7.88. The fourth-order valence-electron chi connectivity index (χ4n) is 5.76. The van der Waals surface area contributed by atoms with E-state index in [2.05, 4.69) is 22.4 Å². The van der Waals surface area contributed by atoms with Gasteiger partial charge in [0.25, 0.3) is 0 Å². The number of dihydropyridines is 1. The zero-order valence-electron chi connectivity index (χ0n) is 19.0. The van der Waals surface area contributed by atoms with Crippen LogP contribution in [0.1, 0.15) is 46.8 Å². The van der Waals surface area contributed by atoms with Gasteiger partial charge in [-0.2, -0.15) is 5.26 Å². The summed E-state index contributed by atoms with van der Waals surface area (Å²) in [5.41, 5.74) is 5.26. The highest BCUT2D eigenvalue weighted by Gasteiger charge is 2.29. The Morgan fingerprint density at radius 1 is 1.21 bits per heavy atom. The van der Waals surface area contributed by atoms with Crippen LogP contribution in [0.2, 0.25) is 0 Å². The molecule has 3 aliphatic rings. The molecule has 0 aromatic heterocycles. The number of benzene rings is 3. The van der Waals surface area contributed by atoms with Crippen molar-refractivity contribution in [3.8, 4) is 6.07 Å². The summed E-state index contributed by atoms with van der Waals surface area (Å²) >= 11 is 0. The minimum Gasteiger partial charge on any atom is -0.462 e. The fraction of sp³-hybridized carbons (Fsp3) is 0.286. The molecule has 6 heteroatoms. The van der Waals surface area contributed by atoms with E-state index in [1.165, 1.54) is 5.57 Å². The molecule has 0 amide bonds. The number of anilines is 1. The highest BCUT2D eigenvalue weighted by Crippen LogP contribution is 2.45. The molecule has 1 aliphatic carbocycles. The molecule has 170 valence electrons. The van der Waals surface area contributed by atoms with Crippen molar-refractivity contribution in [1.29, 1.82) is 5.26 Å². The Morgan fingerprint density at radius 3 is 2.79 bits per heavy atom. The SMILES string of the molecule is CCOC(=O)c1ccc2c(N3CCCC3)cc3c4c(c(F)cc3c2c1C#N)C1=C(CNC=C1)C4. The molecule has 2 aliphatic heterocycles. The zero-order chi connectivity index (χ0) is 23.4. The highest BCUT2D eigenvalue weighted by atomic mass is 19.1. The smallest absolute Gasteiger partial charge is 0.339 e. The molecular formula is C28H24FN3O2. The van der Waals surface area contributed by atoms with Gasteiger partial charge in [-0.3, -0.25) is 0 Å². The largest absolute Gasteiger partial charge is 0.462 e. The van der Waals surface area contributed by atoms with E-state index in [9.17, 15) is 10.1 Å². The van der Waals surface area contributed by atoms with Gasteiger partial charge in [-0.1, -0.05) is 6.07 Å². The second-order valence-electron chi connectivity index (χ2n) is 9.05. The van der Waals surface area contributed by atoms with Gasteiger partial charge in [0.1, 0.15) is 11.9 Å². The third kappa shape index (κ3) is 2.93. The Morgan fingerprint density at radius 2 is 2.03 bits per heavy atom. The Bertz CT molecular complexity index is 1490. The number of nitrogens with zero attached hydrogens (tertiary/aromatic N) is 2. The predicted molar refractivity (Wildman–Crippen MR) is 131 cm³/mol. The van der Waals surface area contributed by atoms with E-state index in [4.69, 9.17) is 4.74 Å². The van der Waals surface area contributed by atoms with Crippen molar-refractivity contribution in [2.45, 2.75) is 26.2 Å². The van der Waals surface area contributed by atoms with Crippen LogP contribution in [0.5, 0.6) is 0 Å². The molecule has 3 aromatic carbocycles. The molecule has 1 saturated heterocycles. The molecule has 2 heterocycles. The molecule has 0 spiro atoms. The summed E-state index contributed by atoms with van der Waals surface area (Å²) in [6.07, 6.45) is 6.70. The first-order valence-corrected chi connectivity index (χ1v) is 11.8. The van der Waals surface area contributed by atoms with Crippen LogP contribution >= 0.6 is 0 Å². The molecule has 1 fully saturated rings. The van der Waals surface area contributed by atoms with Crippen molar-refractivity contribution in [1.82, 2.24) is 5.32 Å². The number of halogens is 1. The number of allylic oxidation sites excluding steroid dienone is 2. The van der Waals surface area contributed by atoms with Gasteiger partial charge in [-0.25, -0.2) is 9.18 Å². The lowest BCUT2D eigenvalue weighted by Crippen LogP contribution is -2.18. The first kappa shape index (κ1) is 20.7. The van der Waals surface area contributed by atoms with Gasteiger partial charge in [-0.05, 0) is 84.1 Å². The molecule has 0 saturated carbocycles. The van der Waals surface area contributed by atoms with Crippen LogP contribution in [0.4, 0.5) is 10.1 Å². The molecule has 0 radical (unpaired) electrons. The summed E-state index contributed by atoms with van der Waals surface area (Å²) in [6.45, 7) is 4.53. The number of rotatable bonds is 3. The summed E-state index contributed by atoms with van der Waals surface area (Å²) in [7, 11) is 0.